The Morgan fingerprint density at radius 3 is 2.96 bits per heavy atom. The van der Waals surface area contributed by atoms with Gasteiger partial charge >= 0.3 is 0 Å². The van der Waals surface area contributed by atoms with Gasteiger partial charge < -0.3 is 14.6 Å². The van der Waals surface area contributed by atoms with E-state index >= 15 is 0 Å². The van der Waals surface area contributed by atoms with Crippen LogP contribution in [0.5, 0.6) is 5.75 Å². The van der Waals surface area contributed by atoms with E-state index in [-0.39, 0.29) is 17.4 Å². The largest absolute Gasteiger partial charge is 0.496 e. The number of nitrogens with one attached hydrogen (secondary N) is 2. The first kappa shape index (κ1) is 16.1. The van der Waals surface area contributed by atoms with Crippen LogP contribution in [0.25, 0.3) is 0 Å². The van der Waals surface area contributed by atoms with Crippen LogP contribution in [0.2, 0.25) is 0 Å². The van der Waals surface area contributed by atoms with E-state index in [4.69, 9.17) is 4.74 Å². The molecule has 0 spiro atoms. The Balaban J connectivity index is 1.42. The van der Waals surface area contributed by atoms with Crippen LogP contribution in [0, 0.1) is 6.92 Å². The van der Waals surface area contributed by atoms with Gasteiger partial charge in [-0.1, -0.05) is 18.2 Å². The highest BCUT2D eigenvalue weighted by Gasteiger charge is 2.46. The number of aryl methyl sites for hydroxylation is 1. The summed E-state index contributed by atoms with van der Waals surface area (Å²) < 4.78 is 7.50. The van der Waals surface area contributed by atoms with E-state index in [9.17, 15) is 4.79 Å². The number of aromatic nitrogens is 3. The third-order valence-electron chi connectivity index (χ3n) is 5.33. The van der Waals surface area contributed by atoms with Gasteiger partial charge in [-0.2, -0.15) is 0 Å². The molecule has 2 aliphatic rings. The molecule has 1 aliphatic heterocycles. The topological polar surface area (TPSA) is 81.1 Å². The van der Waals surface area contributed by atoms with Gasteiger partial charge in [0.1, 0.15) is 23.4 Å². The number of para-hydroxylation sites is 1. The van der Waals surface area contributed by atoms with Crippen LogP contribution in [0.4, 0.5) is 0 Å². The molecule has 1 aliphatic carbocycles. The van der Waals surface area contributed by atoms with Gasteiger partial charge in [-0.15, -0.1) is 10.2 Å². The summed E-state index contributed by atoms with van der Waals surface area (Å²) in [6.07, 6.45) is 2.14. The summed E-state index contributed by atoms with van der Waals surface area (Å²) in [6, 6.07) is 7.83. The average molecular weight is 341 g/mol. The molecule has 2 aromatic rings. The zero-order valence-corrected chi connectivity index (χ0v) is 14.6. The van der Waals surface area contributed by atoms with Crippen molar-refractivity contribution in [3.63, 3.8) is 0 Å². The number of methoxy groups -OCH3 is 1. The Hall–Kier alpha value is -2.41. The van der Waals surface area contributed by atoms with E-state index in [1.165, 1.54) is 5.56 Å². The predicted molar refractivity (Wildman–Crippen MR) is 92.3 cm³/mol. The minimum Gasteiger partial charge on any atom is -0.496 e. The quantitative estimate of drug-likeness (QED) is 0.845. The third-order valence-corrected chi connectivity index (χ3v) is 5.33. The number of hydrogen-bond donors (Lipinski definition) is 2. The van der Waals surface area contributed by atoms with Gasteiger partial charge in [-0.3, -0.25) is 10.1 Å². The van der Waals surface area contributed by atoms with Crippen molar-refractivity contribution in [2.45, 2.75) is 44.3 Å². The maximum Gasteiger partial charge on any atom is 0.239 e. The number of benzene rings is 1. The Morgan fingerprint density at radius 2 is 2.20 bits per heavy atom. The second-order valence-corrected chi connectivity index (χ2v) is 6.91. The van der Waals surface area contributed by atoms with E-state index in [0.717, 1.165) is 30.2 Å². The molecule has 2 heterocycles. The number of rotatable bonds is 5. The van der Waals surface area contributed by atoms with E-state index in [1.807, 2.05) is 29.7 Å². The highest BCUT2D eigenvalue weighted by molar-refractivity contribution is 5.82. The Morgan fingerprint density at radius 1 is 1.40 bits per heavy atom. The van der Waals surface area contributed by atoms with E-state index in [2.05, 4.69) is 26.9 Å². The van der Waals surface area contributed by atoms with Gasteiger partial charge in [0.25, 0.3) is 0 Å². The molecule has 0 radical (unpaired) electrons. The van der Waals surface area contributed by atoms with Crippen LogP contribution in [0.1, 0.15) is 30.1 Å². The normalized spacial score (nSPS) is 20.6. The molecule has 132 valence electrons. The number of nitrogens with zero attached hydrogens (tertiary/aromatic N) is 3. The molecule has 7 heteroatoms. The fourth-order valence-corrected chi connectivity index (χ4v) is 3.58. The summed E-state index contributed by atoms with van der Waals surface area (Å²) in [5, 5.41) is 14.6. The lowest BCUT2D eigenvalue weighted by atomic mass is 9.94. The zero-order chi connectivity index (χ0) is 17.4. The summed E-state index contributed by atoms with van der Waals surface area (Å²) >= 11 is 0. The van der Waals surface area contributed by atoms with Crippen LogP contribution >= 0.6 is 0 Å². The summed E-state index contributed by atoms with van der Waals surface area (Å²) in [6.45, 7) is 3.69. The SMILES string of the molecule is COc1ccccc1C1(CNC(=O)C2Cn3c(C)nnc3CN2)CC1. The lowest BCUT2D eigenvalue weighted by Gasteiger charge is -2.26. The van der Waals surface area contributed by atoms with E-state index in [1.54, 1.807) is 7.11 Å². The number of carbonyl (C=O) groups is 1. The van der Waals surface area contributed by atoms with Crippen molar-refractivity contribution in [2.24, 2.45) is 0 Å². The van der Waals surface area contributed by atoms with Gasteiger partial charge in [-0.25, -0.2) is 0 Å². The van der Waals surface area contributed by atoms with E-state index in [0.29, 0.717) is 19.6 Å². The fraction of sp³-hybridized carbons (Fsp3) is 0.500. The van der Waals surface area contributed by atoms with Gasteiger partial charge in [-0.05, 0) is 25.8 Å². The molecule has 1 atom stereocenters. The molecule has 1 unspecified atom stereocenters. The first-order valence-electron chi connectivity index (χ1n) is 8.66. The molecule has 1 aromatic heterocycles. The van der Waals surface area contributed by atoms with Gasteiger partial charge in [0.15, 0.2) is 0 Å². The summed E-state index contributed by atoms with van der Waals surface area (Å²) in [5.74, 6) is 2.66. The van der Waals surface area contributed by atoms with Gasteiger partial charge in [0.05, 0.1) is 13.7 Å². The molecule has 4 rings (SSSR count). The molecular weight excluding hydrogens is 318 g/mol. The smallest absolute Gasteiger partial charge is 0.239 e. The van der Waals surface area contributed by atoms with Gasteiger partial charge in [0, 0.05) is 24.1 Å². The zero-order valence-electron chi connectivity index (χ0n) is 14.6. The van der Waals surface area contributed by atoms with Crippen molar-refractivity contribution >= 4 is 5.91 Å². The first-order chi connectivity index (χ1) is 12.1. The van der Waals surface area contributed by atoms with Crippen molar-refractivity contribution in [3.05, 3.63) is 41.5 Å². The minimum atomic E-state index is -0.254. The van der Waals surface area contributed by atoms with Crippen molar-refractivity contribution in [1.29, 1.82) is 0 Å². The molecule has 1 fully saturated rings. The highest BCUT2D eigenvalue weighted by atomic mass is 16.5. The number of fused-ring (bicyclic) bond motifs is 1. The van der Waals surface area contributed by atoms with Crippen LogP contribution in [0.15, 0.2) is 24.3 Å². The second-order valence-electron chi connectivity index (χ2n) is 6.91. The second kappa shape index (κ2) is 6.15. The Labute approximate surface area is 146 Å². The van der Waals surface area contributed by atoms with Crippen molar-refractivity contribution in [3.8, 4) is 5.75 Å². The molecule has 1 aromatic carbocycles. The third kappa shape index (κ3) is 2.89. The maximum atomic E-state index is 12.6. The molecule has 25 heavy (non-hydrogen) atoms. The molecular formula is C18H23N5O2. The van der Waals surface area contributed by atoms with Crippen LogP contribution in [-0.4, -0.2) is 40.4 Å². The predicted octanol–water partition coefficient (Wildman–Crippen LogP) is 0.915. The monoisotopic (exact) mass is 341 g/mol. The number of ether oxygens (including phenoxy) is 1. The molecule has 2 N–H and O–H groups in total. The molecule has 7 nitrogen and oxygen atoms in total. The van der Waals surface area contributed by atoms with E-state index < -0.39 is 0 Å². The van der Waals surface area contributed by atoms with Crippen LogP contribution in [0.3, 0.4) is 0 Å². The molecule has 1 amide bonds. The standard InChI is InChI=1S/C18H23N5O2/c1-12-21-22-16-9-19-14(10-23(12)16)17(24)20-11-18(7-8-18)13-5-3-4-6-15(13)25-2/h3-6,14,19H,7-11H2,1-2H3,(H,20,24). The average Bonchev–Trinajstić information content (AvgIpc) is 3.36. The lowest BCUT2D eigenvalue weighted by molar-refractivity contribution is -0.123. The van der Waals surface area contributed by atoms with Crippen LogP contribution < -0.4 is 15.4 Å². The molecule has 1 saturated carbocycles. The number of amides is 1. The molecule has 0 saturated heterocycles. The summed E-state index contributed by atoms with van der Waals surface area (Å²) in [7, 11) is 1.69. The summed E-state index contributed by atoms with van der Waals surface area (Å²) in [4.78, 5) is 12.6. The van der Waals surface area contributed by atoms with Crippen molar-refractivity contribution in [1.82, 2.24) is 25.4 Å². The van der Waals surface area contributed by atoms with Crippen molar-refractivity contribution in [2.75, 3.05) is 13.7 Å². The number of carbonyl (C=O) groups excluding carboxylic acids is 1. The highest BCUT2D eigenvalue weighted by Crippen LogP contribution is 2.50. The number of hydrogen-bond acceptors (Lipinski definition) is 5. The minimum absolute atomic E-state index is 0.00850. The maximum absolute atomic E-state index is 12.6. The Bertz CT molecular complexity index is 797. The first-order valence-corrected chi connectivity index (χ1v) is 8.66. The van der Waals surface area contributed by atoms with Crippen LogP contribution in [-0.2, 0) is 23.3 Å². The fourth-order valence-electron chi connectivity index (χ4n) is 3.58. The lowest BCUT2D eigenvalue weighted by Crippen LogP contribution is -2.51. The van der Waals surface area contributed by atoms with Crippen molar-refractivity contribution < 1.29 is 9.53 Å². The summed E-state index contributed by atoms with van der Waals surface area (Å²) in [5.41, 5.74) is 1.19. The molecule has 0 bridgehead atoms. The van der Waals surface area contributed by atoms with Gasteiger partial charge in [0.2, 0.25) is 5.91 Å². The Kier molecular flexibility index (Phi) is 3.95.